The van der Waals surface area contributed by atoms with E-state index >= 15 is 0 Å². The second-order valence-electron chi connectivity index (χ2n) is 6.51. The monoisotopic (exact) mass is 350 g/mol. The maximum absolute atomic E-state index is 12.0. The number of rotatable bonds is 2. The highest BCUT2D eigenvalue weighted by molar-refractivity contribution is 9.10. The molecule has 1 aliphatic carbocycles. The first kappa shape index (κ1) is 13.4. The second kappa shape index (κ2) is 4.63. The van der Waals surface area contributed by atoms with Gasteiger partial charge < -0.3 is 15.4 Å². The molecule has 1 saturated heterocycles. The zero-order chi connectivity index (χ0) is 14.6. The lowest BCUT2D eigenvalue weighted by atomic mass is 9.92. The van der Waals surface area contributed by atoms with Gasteiger partial charge >= 0.3 is 0 Å². The number of nitrogens with two attached hydrogens (primary N) is 1. The normalized spacial score (nSPS) is 22.0. The standard InChI is InChI=1S/C16H19BrN2O2/c17-11-9-12(19-6-4-16(2-3-16)5-7-19)13(15(18)20)14-10(11)1-8-21-14/h9H,1-8H2,(H2,18,20). The van der Waals surface area contributed by atoms with Crippen LogP contribution < -0.4 is 15.4 Å². The van der Waals surface area contributed by atoms with Crippen molar-refractivity contribution in [3.63, 3.8) is 0 Å². The Hall–Kier alpha value is -1.23. The summed E-state index contributed by atoms with van der Waals surface area (Å²) in [5, 5.41) is 0. The van der Waals surface area contributed by atoms with E-state index in [0.29, 0.717) is 23.3 Å². The number of halogens is 1. The van der Waals surface area contributed by atoms with Gasteiger partial charge in [0.15, 0.2) is 0 Å². The van der Waals surface area contributed by atoms with Crippen LogP contribution in [0.15, 0.2) is 10.5 Å². The van der Waals surface area contributed by atoms with Crippen molar-refractivity contribution in [2.45, 2.75) is 32.1 Å². The number of ether oxygens (including phenoxy) is 1. The van der Waals surface area contributed by atoms with E-state index in [4.69, 9.17) is 10.5 Å². The quantitative estimate of drug-likeness (QED) is 0.892. The summed E-state index contributed by atoms with van der Waals surface area (Å²) >= 11 is 3.62. The highest BCUT2D eigenvalue weighted by atomic mass is 79.9. The molecule has 0 radical (unpaired) electrons. The van der Waals surface area contributed by atoms with E-state index in [2.05, 4.69) is 26.9 Å². The Morgan fingerprint density at radius 3 is 2.62 bits per heavy atom. The van der Waals surface area contributed by atoms with Crippen LogP contribution in [0.2, 0.25) is 0 Å². The average Bonchev–Trinajstić information content (AvgIpc) is 3.02. The van der Waals surface area contributed by atoms with Gasteiger partial charge in [-0.1, -0.05) is 15.9 Å². The lowest BCUT2D eigenvalue weighted by Crippen LogP contribution is -2.36. The predicted octanol–water partition coefficient (Wildman–Crippen LogP) is 2.86. The number of hydrogen-bond acceptors (Lipinski definition) is 3. The van der Waals surface area contributed by atoms with Crippen molar-refractivity contribution < 1.29 is 9.53 Å². The maximum Gasteiger partial charge on any atom is 0.254 e. The molecule has 1 aromatic carbocycles. The Morgan fingerprint density at radius 1 is 1.29 bits per heavy atom. The largest absolute Gasteiger partial charge is 0.492 e. The molecule has 1 amide bonds. The average molecular weight is 351 g/mol. The van der Waals surface area contributed by atoms with E-state index in [1.54, 1.807) is 0 Å². The van der Waals surface area contributed by atoms with Crippen LogP contribution in [0, 0.1) is 5.41 Å². The predicted molar refractivity (Wildman–Crippen MR) is 85.0 cm³/mol. The van der Waals surface area contributed by atoms with Gasteiger partial charge in [-0.15, -0.1) is 0 Å². The van der Waals surface area contributed by atoms with Gasteiger partial charge in [0.1, 0.15) is 11.3 Å². The lowest BCUT2D eigenvalue weighted by molar-refractivity contribution is 0.0997. The molecule has 4 rings (SSSR count). The van der Waals surface area contributed by atoms with Gasteiger partial charge in [0.2, 0.25) is 0 Å². The van der Waals surface area contributed by atoms with Gasteiger partial charge in [0.05, 0.1) is 12.3 Å². The van der Waals surface area contributed by atoms with Crippen LogP contribution in [0.3, 0.4) is 0 Å². The molecule has 2 aliphatic heterocycles. The van der Waals surface area contributed by atoms with Gasteiger partial charge in [-0.3, -0.25) is 4.79 Å². The zero-order valence-electron chi connectivity index (χ0n) is 12.0. The Morgan fingerprint density at radius 2 is 2.00 bits per heavy atom. The number of hydrogen-bond donors (Lipinski definition) is 1. The minimum atomic E-state index is -0.387. The fourth-order valence-electron chi connectivity index (χ4n) is 3.69. The smallest absolute Gasteiger partial charge is 0.254 e. The number of piperidine rings is 1. The Balaban J connectivity index is 1.74. The van der Waals surface area contributed by atoms with Gasteiger partial charge in [0, 0.05) is 29.5 Å². The van der Waals surface area contributed by atoms with Crippen molar-refractivity contribution in [3.8, 4) is 5.75 Å². The van der Waals surface area contributed by atoms with E-state index in [-0.39, 0.29) is 5.91 Å². The third kappa shape index (κ3) is 2.13. The van der Waals surface area contributed by atoms with Crippen LogP contribution in [-0.4, -0.2) is 25.6 Å². The van der Waals surface area contributed by atoms with Crippen molar-refractivity contribution in [2.24, 2.45) is 11.1 Å². The second-order valence-corrected chi connectivity index (χ2v) is 7.36. The Bertz CT molecular complexity index is 615. The van der Waals surface area contributed by atoms with Gasteiger partial charge in [-0.05, 0) is 37.2 Å². The molecule has 0 unspecified atom stereocenters. The van der Waals surface area contributed by atoms with Crippen LogP contribution in [0.4, 0.5) is 5.69 Å². The molecule has 0 atom stereocenters. The minimum absolute atomic E-state index is 0.387. The first-order chi connectivity index (χ1) is 10.1. The SMILES string of the molecule is NC(=O)c1c(N2CCC3(CC2)CC3)cc(Br)c2c1OCC2. The summed E-state index contributed by atoms with van der Waals surface area (Å²) in [6, 6.07) is 2.05. The van der Waals surface area contributed by atoms with Crippen molar-refractivity contribution in [2.75, 3.05) is 24.6 Å². The van der Waals surface area contributed by atoms with Crippen molar-refractivity contribution in [3.05, 3.63) is 21.7 Å². The minimum Gasteiger partial charge on any atom is -0.492 e. The zero-order valence-corrected chi connectivity index (χ0v) is 13.5. The van der Waals surface area contributed by atoms with Crippen LogP contribution in [0.1, 0.15) is 41.6 Å². The van der Waals surface area contributed by atoms with E-state index in [9.17, 15) is 4.79 Å². The molecule has 2 fully saturated rings. The fraction of sp³-hybridized carbons (Fsp3) is 0.562. The van der Waals surface area contributed by atoms with Crippen LogP contribution >= 0.6 is 15.9 Å². The maximum atomic E-state index is 12.0. The molecule has 0 aromatic heterocycles. The molecule has 1 aromatic rings. The molecule has 2 heterocycles. The molecular weight excluding hydrogens is 332 g/mol. The fourth-order valence-corrected chi connectivity index (χ4v) is 4.28. The van der Waals surface area contributed by atoms with Crippen LogP contribution in [0.25, 0.3) is 0 Å². The molecule has 0 bridgehead atoms. The summed E-state index contributed by atoms with van der Waals surface area (Å²) in [7, 11) is 0. The summed E-state index contributed by atoms with van der Waals surface area (Å²) < 4.78 is 6.73. The summed E-state index contributed by atoms with van der Waals surface area (Å²) in [5.41, 5.74) is 8.84. The van der Waals surface area contributed by atoms with E-state index in [1.165, 1.54) is 25.7 Å². The first-order valence-electron chi connectivity index (χ1n) is 7.63. The number of carbonyl (C=O) groups is 1. The van der Waals surface area contributed by atoms with Crippen molar-refractivity contribution in [1.82, 2.24) is 0 Å². The van der Waals surface area contributed by atoms with Gasteiger partial charge in [-0.25, -0.2) is 0 Å². The van der Waals surface area contributed by atoms with E-state index < -0.39 is 0 Å². The topological polar surface area (TPSA) is 55.6 Å². The molecule has 1 saturated carbocycles. The number of fused-ring (bicyclic) bond motifs is 1. The third-order valence-electron chi connectivity index (χ3n) is 5.28. The van der Waals surface area contributed by atoms with Crippen LogP contribution in [0.5, 0.6) is 5.75 Å². The molecule has 1 spiro atoms. The number of anilines is 1. The molecule has 2 N–H and O–H groups in total. The van der Waals surface area contributed by atoms with Crippen LogP contribution in [-0.2, 0) is 6.42 Å². The summed E-state index contributed by atoms with van der Waals surface area (Å²) in [6.45, 7) is 2.64. The number of nitrogens with zero attached hydrogens (tertiary/aromatic N) is 1. The number of carbonyl (C=O) groups excluding carboxylic acids is 1. The molecular formula is C16H19BrN2O2. The van der Waals surface area contributed by atoms with E-state index in [1.807, 2.05) is 0 Å². The van der Waals surface area contributed by atoms with Gasteiger partial charge in [0.25, 0.3) is 5.91 Å². The number of benzene rings is 1. The summed E-state index contributed by atoms with van der Waals surface area (Å²) in [6.07, 6.45) is 6.03. The molecule has 4 nitrogen and oxygen atoms in total. The molecule has 112 valence electrons. The highest BCUT2D eigenvalue weighted by Gasteiger charge is 2.45. The summed E-state index contributed by atoms with van der Waals surface area (Å²) in [4.78, 5) is 14.3. The van der Waals surface area contributed by atoms with Crippen molar-refractivity contribution in [1.29, 1.82) is 0 Å². The number of amides is 1. The lowest BCUT2D eigenvalue weighted by Gasteiger charge is -2.35. The molecule has 21 heavy (non-hydrogen) atoms. The molecule has 5 heteroatoms. The highest BCUT2D eigenvalue weighted by Crippen LogP contribution is 2.54. The Labute approximate surface area is 132 Å². The first-order valence-corrected chi connectivity index (χ1v) is 8.42. The third-order valence-corrected chi connectivity index (χ3v) is 5.98. The number of primary amides is 1. The molecule has 3 aliphatic rings. The Kier molecular flexibility index (Phi) is 2.96. The van der Waals surface area contributed by atoms with Gasteiger partial charge in [-0.2, -0.15) is 0 Å². The van der Waals surface area contributed by atoms with Crippen molar-refractivity contribution >= 4 is 27.5 Å². The summed E-state index contributed by atoms with van der Waals surface area (Å²) in [5.74, 6) is 0.306. The van der Waals surface area contributed by atoms with E-state index in [0.717, 1.165) is 35.2 Å².